The van der Waals surface area contributed by atoms with Crippen LogP contribution in [0.3, 0.4) is 0 Å². The molecule has 0 radical (unpaired) electrons. The first-order valence-corrected chi connectivity index (χ1v) is 6.58. The van der Waals surface area contributed by atoms with Gasteiger partial charge in [0.1, 0.15) is 11.5 Å². The molecule has 5 nitrogen and oxygen atoms in total. The molecule has 0 amide bonds. The van der Waals surface area contributed by atoms with E-state index < -0.39 is 30.1 Å². The predicted octanol–water partition coefficient (Wildman–Crippen LogP) is 2.52. The van der Waals surface area contributed by atoms with Gasteiger partial charge in [0.05, 0.1) is 0 Å². The Hall–Kier alpha value is -2.83. The molecule has 1 aliphatic heterocycles. The standard InChI is InChI=1S/C16H12F2O5/c1-9-8-12(20)14(15(21)22-9)11(19)7-6-10-4-2-3-5-13(10)23-16(17)18/h2-8,14,16H,1H3/b7-6+/t14-/m1/s1. The van der Waals surface area contributed by atoms with Gasteiger partial charge in [-0.3, -0.25) is 14.4 Å². The molecule has 1 atom stereocenters. The Labute approximate surface area is 130 Å². The molecule has 0 aliphatic carbocycles. The minimum Gasteiger partial charge on any atom is -0.434 e. The van der Waals surface area contributed by atoms with Crippen molar-refractivity contribution in [3.8, 4) is 5.75 Å². The maximum Gasteiger partial charge on any atom is 0.387 e. The zero-order chi connectivity index (χ0) is 17.0. The van der Waals surface area contributed by atoms with E-state index in [1.165, 1.54) is 31.2 Å². The van der Waals surface area contributed by atoms with Crippen molar-refractivity contribution >= 4 is 23.6 Å². The average Bonchev–Trinajstić information content (AvgIpc) is 2.44. The Morgan fingerprint density at radius 1 is 1.30 bits per heavy atom. The molecule has 0 aromatic heterocycles. The summed E-state index contributed by atoms with van der Waals surface area (Å²) in [6, 6.07) is 5.82. The van der Waals surface area contributed by atoms with Gasteiger partial charge in [-0.2, -0.15) is 8.78 Å². The third-order valence-electron chi connectivity index (χ3n) is 2.97. The zero-order valence-corrected chi connectivity index (χ0v) is 12.0. The molecule has 2 rings (SSSR count). The summed E-state index contributed by atoms with van der Waals surface area (Å²) in [4.78, 5) is 35.3. The lowest BCUT2D eigenvalue weighted by molar-refractivity contribution is -0.151. The van der Waals surface area contributed by atoms with E-state index in [9.17, 15) is 23.2 Å². The molecule has 0 unspecified atom stereocenters. The predicted molar refractivity (Wildman–Crippen MR) is 75.5 cm³/mol. The van der Waals surface area contributed by atoms with Crippen molar-refractivity contribution in [1.82, 2.24) is 0 Å². The summed E-state index contributed by atoms with van der Waals surface area (Å²) in [5.41, 5.74) is 0.212. The average molecular weight is 322 g/mol. The summed E-state index contributed by atoms with van der Waals surface area (Å²) in [5.74, 6) is -4.01. The molecule has 0 fully saturated rings. The number of ether oxygens (including phenoxy) is 2. The Kier molecular flexibility index (Phi) is 5.00. The second-order valence-electron chi connectivity index (χ2n) is 4.66. The Balaban J connectivity index is 2.19. The van der Waals surface area contributed by atoms with Gasteiger partial charge < -0.3 is 9.47 Å². The number of benzene rings is 1. The number of esters is 1. The lowest BCUT2D eigenvalue weighted by Crippen LogP contribution is -2.34. The smallest absolute Gasteiger partial charge is 0.387 e. The molecule has 0 saturated heterocycles. The van der Waals surface area contributed by atoms with Crippen LogP contribution < -0.4 is 4.74 Å². The van der Waals surface area contributed by atoms with Gasteiger partial charge in [0.15, 0.2) is 17.5 Å². The minimum absolute atomic E-state index is 0.115. The van der Waals surface area contributed by atoms with Crippen LogP contribution in [0.2, 0.25) is 0 Å². The van der Waals surface area contributed by atoms with E-state index >= 15 is 0 Å². The number of alkyl halides is 2. The van der Waals surface area contributed by atoms with Crippen molar-refractivity contribution in [2.45, 2.75) is 13.5 Å². The minimum atomic E-state index is -3.01. The topological polar surface area (TPSA) is 69.7 Å². The highest BCUT2D eigenvalue weighted by atomic mass is 19.3. The molecule has 1 aliphatic rings. The van der Waals surface area contributed by atoms with Crippen molar-refractivity contribution in [2.75, 3.05) is 0 Å². The van der Waals surface area contributed by atoms with Crippen LogP contribution in [0.5, 0.6) is 5.75 Å². The van der Waals surface area contributed by atoms with E-state index in [-0.39, 0.29) is 17.1 Å². The summed E-state index contributed by atoms with van der Waals surface area (Å²) in [6.45, 7) is -1.59. The van der Waals surface area contributed by atoms with E-state index in [4.69, 9.17) is 4.74 Å². The monoisotopic (exact) mass is 322 g/mol. The van der Waals surface area contributed by atoms with E-state index in [1.54, 1.807) is 6.07 Å². The molecular weight excluding hydrogens is 310 g/mol. The largest absolute Gasteiger partial charge is 0.434 e. The number of allylic oxidation sites excluding steroid dienone is 3. The fourth-order valence-electron chi connectivity index (χ4n) is 1.99. The number of hydrogen-bond donors (Lipinski definition) is 0. The van der Waals surface area contributed by atoms with Crippen LogP contribution in [-0.2, 0) is 19.1 Å². The Morgan fingerprint density at radius 3 is 2.65 bits per heavy atom. The SMILES string of the molecule is CC1=CC(=O)[C@@H](C(=O)/C=C/c2ccccc2OC(F)F)C(=O)O1. The molecule has 1 heterocycles. The lowest BCUT2D eigenvalue weighted by atomic mass is 9.96. The number of hydrogen-bond acceptors (Lipinski definition) is 5. The van der Waals surface area contributed by atoms with Gasteiger partial charge in [0.2, 0.25) is 0 Å². The molecule has 120 valence electrons. The molecule has 23 heavy (non-hydrogen) atoms. The van der Waals surface area contributed by atoms with E-state index in [0.29, 0.717) is 0 Å². The van der Waals surface area contributed by atoms with Crippen LogP contribution in [0, 0.1) is 5.92 Å². The molecule has 1 aromatic carbocycles. The van der Waals surface area contributed by atoms with Gasteiger partial charge >= 0.3 is 12.6 Å². The number of cyclic esters (lactones) is 1. The molecule has 0 bridgehead atoms. The van der Waals surface area contributed by atoms with Gasteiger partial charge in [-0.05, 0) is 25.1 Å². The zero-order valence-electron chi connectivity index (χ0n) is 12.0. The van der Waals surface area contributed by atoms with Crippen molar-refractivity contribution in [2.24, 2.45) is 5.92 Å². The van der Waals surface area contributed by atoms with Crippen LogP contribution in [0.15, 0.2) is 42.2 Å². The summed E-state index contributed by atoms with van der Waals surface area (Å²) in [5, 5.41) is 0. The first-order valence-electron chi connectivity index (χ1n) is 6.58. The van der Waals surface area contributed by atoms with E-state index in [2.05, 4.69) is 4.74 Å². The number of para-hydroxylation sites is 1. The fraction of sp³-hybridized carbons (Fsp3) is 0.188. The highest BCUT2D eigenvalue weighted by Gasteiger charge is 2.36. The third-order valence-corrected chi connectivity index (χ3v) is 2.97. The molecule has 7 heteroatoms. The highest BCUT2D eigenvalue weighted by Crippen LogP contribution is 2.22. The maximum absolute atomic E-state index is 12.3. The van der Waals surface area contributed by atoms with Crippen molar-refractivity contribution in [3.05, 3.63) is 47.7 Å². The van der Waals surface area contributed by atoms with Crippen LogP contribution in [-0.4, -0.2) is 24.1 Å². The number of carbonyl (C=O) groups excluding carboxylic acids is 3. The third kappa shape index (κ3) is 4.09. The van der Waals surface area contributed by atoms with E-state index in [1.807, 2.05) is 0 Å². The van der Waals surface area contributed by atoms with Crippen LogP contribution in [0.4, 0.5) is 8.78 Å². The number of carbonyl (C=O) groups is 3. The quantitative estimate of drug-likeness (QED) is 0.473. The molecule has 0 saturated carbocycles. The van der Waals surface area contributed by atoms with Gasteiger partial charge in [-0.1, -0.05) is 18.2 Å². The van der Waals surface area contributed by atoms with E-state index in [0.717, 1.165) is 12.2 Å². The number of halogens is 2. The van der Waals surface area contributed by atoms with Gasteiger partial charge in [0, 0.05) is 11.6 Å². The van der Waals surface area contributed by atoms with Crippen molar-refractivity contribution < 1.29 is 32.6 Å². The maximum atomic E-state index is 12.3. The Morgan fingerprint density at radius 2 is 2.00 bits per heavy atom. The second kappa shape index (κ2) is 6.95. The van der Waals surface area contributed by atoms with Gasteiger partial charge in [-0.15, -0.1) is 0 Å². The normalized spacial score (nSPS) is 18.1. The lowest BCUT2D eigenvalue weighted by Gasteiger charge is -2.15. The first kappa shape index (κ1) is 16.5. The van der Waals surface area contributed by atoms with Crippen LogP contribution in [0.25, 0.3) is 6.08 Å². The number of ketones is 2. The summed E-state index contributed by atoms with van der Waals surface area (Å²) in [7, 11) is 0. The fourth-order valence-corrected chi connectivity index (χ4v) is 1.99. The summed E-state index contributed by atoms with van der Waals surface area (Å²) >= 11 is 0. The van der Waals surface area contributed by atoms with Gasteiger partial charge in [-0.25, -0.2) is 0 Å². The van der Waals surface area contributed by atoms with Crippen LogP contribution >= 0.6 is 0 Å². The first-order chi connectivity index (χ1) is 10.9. The van der Waals surface area contributed by atoms with Crippen LogP contribution in [0.1, 0.15) is 12.5 Å². The summed E-state index contributed by atoms with van der Waals surface area (Å²) in [6.07, 6.45) is 3.23. The second-order valence-corrected chi connectivity index (χ2v) is 4.66. The molecular formula is C16H12F2O5. The highest BCUT2D eigenvalue weighted by molar-refractivity contribution is 6.25. The molecule has 0 N–H and O–H groups in total. The summed E-state index contributed by atoms with van der Waals surface area (Å²) < 4.78 is 33.7. The molecule has 0 spiro atoms. The Bertz CT molecular complexity index is 706. The van der Waals surface area contributed by atoms with Crippen molar-refractivity contribution in [3.63, 3.8) is 0 Å². The number of rotatable bonds is 5. The molecule has 1 aromatic rings. The van der Waals surface area contributed by atoms with Gasteiger partial charge in [0.25, 0.3) is 0 Å². The van der Waals surface area contributed by atoms with Crippen molar-refractivity contribution in [1.29, 1.82) is 0 Å².